The fraction of sp³-hybridized carbons (Fsp3) is 0.250. The molecule has 0 aromatic heterocycles. The topological polar surface area (TPSA) is 43.4 Å². The summed E-state index contributed by atoms with van der Waals surface area (Å²) in [4.78, 5) is 0.203. The Morgan fingerprint density at radius 1 is 0.759 bits per heavy atom. The molecule has 0 aliphatic carbocycles. The van der Waals surface area contributed by atoms with Crippen LogP contribution in [0.1, 0.15) is 30.5 Å². The maximum Gasteiger partial charge on any atom is 0.336 e. The molecule has 0 spiro atoms. The van der Waals surface area contributed by atoms with Gasteiger partial charge in [-0.3, -0.25) is 0 Å². The molecular formula is C24H27IO3S+. The first-order valence-corrected chi connectivity index (χ1v) is 14.1. The molecule has 0 atom stereocenters. The second-order valence-electron chi connectivity index (χ2n) is 7.60. The monoisotopic (exact) mass is 522 g/mol. The van der Waals surface area contributed by atoms with Gasteiger partial charge < -0.3 is 0 Å². The summed E-state index contributed by atoms with van der Waals surface area (Å²) in [6.45, 7) is 8.33. The van der Waals surface area contributed by atoms with Crippen molar-refractivity contribution in [1.29, 1.82) is 0 Å². The van der Waals surface area contributed by atoms with Crippen LogP contribution in [0.2, 0.25) is 0 Å². The summed E-state index contributed by atoms with van der Waals surface area (Å²) in [5.41, 5.74) is 3.40. The number of rotatable bonds is 7. The first kappa shape index (κ1) is 22.0. The van der Waals surface area contributed by atoms with Gasteiger partial charge in [0.1, 0.15) is 0 Å². The van der Waals surface area contributed by atoms with Crippen molar-refractivity contribution in [2.24, 2.45) is 5.92 Å². The predicted molar refractivity (Wildman–Crippen MR) is 113 cm³/mol. The van der Waals surface area contributed by atoms with E-state index in [1.165, 1.54) is 5.56 Å². The minimum Gasteiger partial charge on any atom is -0.190 e. The van der Waals surface area contributed by atoms with Crippen LogP contribution in [0.5, 0.6) is 0 Å². The minimum atomic E-state index is -3.84. The van der Waals surface area contributed by atoms with Crippen LogP contribution in [0.25, 0.3) is 0 Å². The van der Waals surface area contributed by atoms with Gasteiger partial charge in [-0.25, -0.2) is 0 Å². The normalized spacial score (nSPS) is 11.9. The van der Waals surface area contributed by atoms with Gasteiger partial charge in [0.25, 0.3) is 0 Å². The van der Waals surface area contributed by atoms with Crippen LogP contribution in [-0.2, 0) is 19.1 Å². The minimum absolute atomic E-state index is 0.203. The number of hydrogen-bond acceptors (Lipinski definition) is 3. The Labute approximate surface area is 182 Å². The Morgan fingerprint density at radius 2 is 1.21 bits per heavy atom. The molecule has 0 aliphatic heterocycles. The highest BCUT2D eigenvalue weighted by Crippen LogP contribution is 2.11. The van der Waals surface area contributed by atoms with Crippen LogP contribution in [0.15, 0.2) is 77.7 Å². The molecule has 0 saturated heterocycles. The van der Waals surface area contributed by atoms with Gasteiger partial charge in [0.2, 0.25) is 0 Å². The molecule has 0 fully saturated rings. The van der Waals surface area contributed by atoms with Gasteiger partial charge in [-0.05, 0) is 70.7 Å². The Bertz CT molecular complexity index is 1040. The molecule has 3 nitrogen and oxygen atoms in total. The van der Waals surface area contributed by atoms with Crippen molar-refractivity contribution in [2.45, 2.75) is 39.0 Å². The van der Waals surface area contributed by atoms with E-state index in [4.69, 9.17) is 2.51 Å². The van der Waals surface area contributed by atoms with Crippen LogP contribution < -0.4 is 20.2 Å². The quantitative estimate of drug-likeness (QED) is 0.448. The summed E-state index contributed by atoms with van der Waals surface area (Å²) in [7, 11) is -3.84. The highest BCUT2D eigenvalue weighted by atomic mass is 127. The molecule has 0 heterocycles. The fourth-order valence-electron chi connectivity index (χ4n) is 2.88. The van der Waals surface area contributed by atoms with Crippen molar-refractivity contribution < 1.29 is 31.2 Å². The highest BCUT2D eigenvalue weighted by molar-refractivity contribution is 7.86. The van der Waals surface area contributed by atoms with E-state index in [2.05, 4.69) is 26.0 Å². The second-order valence-corrected chi connectivity index (χ2v) is 14.1. The molecule has 0 amide bonds. The lowest BCUT2D eigenvalue weighted by Crippen LogP contribution is -3.85. The third-order valence-corrected chi connectivity index (χ3v) is 11.8. The van der Waals surface area contributed by atoms with Crippen molar-refractivity contribution in [2.75, 3.05) is 0 Å². The lowest BCUT2D eigenvalue weighted by atomic mass is 10.0. The zero-order chi connectivity index (χ0) is 21.0. The van der Waals surface area contributed by atoms with Gasteiger partial charge >= 0.3 is 30.4 Å². The number of hydrogen-bond donors (Lipinski definition) is 0. The van der Waals surface area contributed by atoms with Gasteiger partial charge in [-0.2, -0.15) is 8.42 Å². The van der Waals surface area contributed by atoms with Gasteiger partial charge in [0.15, 0.2) is 7.14 Å². The van der Waals surface area contributed by atoms with Crippen LogP contribution in [0, 0.1) is 26.9 Å². The summed E-state index contributed by atoms with van der Waals surface area (Å²) in [5.74, 6) is 0.575. The molecule has 0 N–H and O–H groups in total. The maximum absolute atomic E-state index is 13.0. The summed E-state index contributed by atoms with van der Waals surface area (Å²) in [5, 5.41) is 0. The Morgan fingerprint density at radius 3 is 1.69 bits per heavy atom. The van der Waals surface area contributed by atoms with Gasteiger partial charge in [-0.1, -0.05) is 61.4 Å². The standard InChI is InChI=1S/C24H27IO3S/c1-18(2)17-21-9-13-23(14-10-21)25(22-11-5-19(3)6-12-22)28-29(26,27)24-15-7-20(4)8-16-24/h5-16,18H,17H2,1-4H3/q+1. The molecule has 3 aromatic rings. The average Bonchev–Trinajstić information content (AvgIpc) is 2.68. The predicted octanol–water partition coefficient (Wildman–Crippen LogP) is 2.49. The van der Waals surface area contributed by atoms with Crippen LogP contribution in [0.3, 0.4) is 0 Å². The summed E-state index contributed by atoms with van der Waals surface area (Å²) in [6, 6.07) is 23.1. The van der Waals surface area contributed by atoms with E-state index < -0.39 is 30.4 Å². The summed E-state index contributed by atoms with van der Waals surface area (Å²) >= 11 is -2.64. The van der Waals surface area contributed by atoms with E-state index in [-0.39, 0.29) is 4.90 Å². The van der Waals surface area contributed by atoms with Crippen molar-refractivity contribution in [1.82, 2.24) is 0 Å². The molecule has 5 heteroatoms. The van der Waals surface area contributed by atoms with Crippen LogP contribution in [0.4, 0.5) is 0 Å². The fourth-order valence-corrected chi connectivity index (χ4v) is 9.76. The van der Waals surface area contributed by atoms with Crippen molar-refractivity contribution in [3.05, 3.63) is 96.6 Å². The van der Waals surface area contributed by atoms with E-state index in [0.29, 0.717) is 5.92 Å². The van der Waals surface area contributed by atoms with Crippen molar-refractivity contribution in [3.63, 3.8) is 0 Å². The maximum atomic E-state index is 13.0. The molecular weight excluding hydrogens is 495 g/mol. The first-order chi connectivity index (χ1) is 13.7. The number of aryl methyl sites for hydroxylation is 2. The third kappa shape index (κ3) is 5.90. The molecule has 0 aliphatic rings. The Kier molecular flexibility index (Phi) is 7.14. The van der Waals surface area contributed by atoms with E-state index >= 15 is 0 Å². The van der Waals surface area contributed by atoms with Crippen molar-refractivity contribution >= 4 is 10.1 Å². The molecule has 0 bridgehead atoms. The van der Waals surface area contributed by atoms with E-state index in [1.54, 1.807) is 24.3 Å². The lowest BCUT2D eigenvalue weighted by molar-refractivity contribution is -1.03. The highest BCUT2D eigenvalue weighted by Gasteiger charge is 2.37. The molecule has 3 rings (SSSR count). The summed E-state index contributed by atoms with van der Waals surface area (Å²) < 4.78 is 33.9. The smallest absolute Gasteiger partial charge is 0.190 e. The number of benzene rings is 3. The second kappa shape index (κ2) is 9.41. The van der Waals surface area contributed by atoms with E-state index in [9.17, 15) is 8.42 Å². The zero-order valence-corrected chi connectivity index (χ0v) is 20.2. The lowest BCUT2D eigenvalue weighted by Gasteiger charge is -2.08. The van der Waals surface area contributed by atoms with Gasteiger partial charge in [0.05, 0.1) is 4.90 Å². The largest absolute Gasteiger partial charge is 0.336 e. The molecule has 0 unspecified atom stereocenters. The molecule has 1 radical (unpaired) electrons. The average molecular weight is 522 g/mol. The summed E-state index contributed by atoms with van der Waals surface area (Å²) in [6.07, 6.45) is 1.00. The molecule has 3 aromatic carbocycles. The Hall–Kier alpha value is -1.70. The zero-order valence-electron chi connectivity index (χ0n) is 17.2. The van der Waals surface area contributed by atoms with E-state index in [0.717, 1.165) is 24.7 Å². The van der Waals surface area contributed by atoms with Crippen LogP contribution >= 0.6 is 0 Å². The van der Waals surface area contributed by atoms with Crippen LogP contribution in [-0.4, -0.2) is 8.42 Å². The van der Waals surface area contributed by atoms with Gasteiger partial charge in [0, 0.05) is 0 Å². The van der Waals surface area contributed by atoms with Crippen molar-refractivity contribution in [3.8, 4) is 0 Å². The SMILES string of the molecule is Cc1ccc([I+](OS(=O)(=O)c2ccc(C)cc2)c2ccc(CC(C)C)cc2)cc1. The van der Waals surface area contributed by atoms with Gasteiger partial charge in [-0.15, -0.1) is 0 Å². The molecule has 153 valence electrons. The Balaban J connectivity index is 1.97. The third-order valence-electron chi connectivity index (χ3n) is 4.42. The number of halogens is 1. The molecule has 0 saturated carbocycles. The molecule has 29 heavy (non-hydrogen) atoms. The van der Waals surface area contributed by atoms with E-state index in [1.807, 2.05) is 50.2 Å². The first-order valence-electron chi connectivity index (χ1n) is 9.62.